The molecule has 0 aliphatic carbocycles. The number of para-hydroxylation sites is 2. The van der Waals surface area contributed by atoms with E-state index in [4.69, 9.17) is 16.3 Å². The summed E-state index contributed by atoms with van der Waals surface area (Å²) in [4.78, 5) is 16.5. The molecule has 0 saturated heterocycles. The molecule has 1 heterocycles. The van der Waals surface area contributed by atoms with Crippen molar-refractivity contribution in [1.29, 1.82) is 0 Å². The van der Waals surface area contributed by atoms with Crippen LogP contribution < -0.4 is 15.4 Å². The van der Waals surface area contributed by atoms with Crippen molar-refractivity contribution in [1.82, 2.24) is 4.98 Å². The zero-order valence-electron chi connectivity index (χ0n) is 14.2. The van der Waals surface area contributed by atoms with E-state index in [2.05, 4.69) is 15.6 Å². The van der Waals surface area contributed by atoms with Crippen molar-refractivity contribution in [3.05, 3.63) is 77.4 Å². The molecule has 132 valence electrons. The zero-order chi connectivity index (χ0) is 18.4. The molecule has 2 aromatic carbocycles. The van der Waals surface area contributed by atoms with E-state index in [0.717, 1.165) is 17.1 Å². The number of carbonyl (C=O) groups excluding carboxylic acids is 1. The van der Waals surface area contributed by atoms with Gasteiger partial charge in [0.05, 0.1) is 24.2 Å². The highest BCUT2D eigenvalue weighted by molar-refractivity contribution is 6.31. The van der Waals surface area contributed by atoms with Crippen LogP contribution in [0.25, 0.3) is 0 Å². The third-order valence-electron chi connectivity index (χ3n) is 3.56. The van der Waals surface area contributed by atoms with Crippen LogP contribution in [0, 0.1) is 0 Å². The fraction of sp³-hybridized carbons (Fsp3) is 0.100. The lowest BCUT2D eigenvalue weighted by Gasteiger charge is -2.12. The lowest BCUT2D eigenvalue weighted by molar-refractivity contribution is 0.102. The number of rotatable bonds is 6. The first kappa shape index (κ1) is 17.8. The molecule has 0 bridgehead atoms. The van der Waals surface area contributed by atoms with Crippen molar-refractivity contribution in [2.45, 2.75) is 6.92 Å². The number of benzene rings is 2. The van der Waals surface area contributed by atoms with Gasteiger partial charge in [-0.1, -0.05) is 29.8 Å². The first-order chi connectivity index (χ1) is 12.7. The summed E-state index contributed by atoms with van der Waals surface area (Å²) in [5.41, 5.74) is 2.12. The summed E-state index contributed by atoms with van der Waals surface area (Å²) in [6, 6.07) is 18.0. The van der Waals surface area contributed by atoms with Crippen molar-refractivity contribution in [2.75, 3.05) is 17.2 Å². The van der Waals surface area contributed by atoms with E-state index >= 15 is 0 Å². The van der Waals surface area contributed by atoms with Crippen LogP contribution in [-0.2, 0) is 0 Å². The molecule has 5 nitrogen and oxygen atoms in total. The van der Waals surface area contributed by atoms with Crippen molar-refractivity contribution in [3.8, 4) is 5.75 Å². The summed E-state index contributed by atoms with van der Waals surface area (Å²) in [6.07, 6.45) is 1.65. The molecule has 0 aliphatic rings. The number of hydrogen-bond acceptors (Lipinski definition) is 4. The maximum Gasteiger partial charge on any atom is 0.256 e. The molecule has 0 spiro atoms. The van der Waals surface area contributed by atoms with Crippen LogP contribution in [0.2, 0.25) is 5.02 Å². The van der Waals surface area contributed by atoms with Gasteiger partial charge in [-0.15, -0.1) is 0 Å². The second kappa shape index (κ2) is 8.36. The molecule has 0 unspecified atom stereocenters. The molecule has 3 rings (SSSR count). The highest BCUT2D eigenvalue weighted by atomic mass is 35.5. The molecule has 2 N–H and O–H groups in total. The number of nitrogens with zero attached hydrogens (tertiary/aromatic N) is 1. The van der Waals surface area contributed by atoms with Crippen LogP contribution >= 0.6 is 11.6 Å². The molecule has 0 atom stereocenters. The van der Waals surface area contributed by atoms with Gasteiger partial charge in [0.2, 0.25) is 0 Å². The largest absolute Gasteiger partial charge is 0.492 e. The Morgan fingerprint density at radius 1 is 1.12 bits per heavy atom. The van der Waals surface area contributed by atoms with E-state index in [9.17, 15) is 4.79 Å². The Bertz CT molecular complexity index is 898. The Labute approximate surface area is 157 Å². The molecular formula is C20H18ClN3O2. The normalized spacial score (nSPS) is 10.2. The average Bonchev–Trinajstić information content (AvgIpc) is 2.65. The van der Waals surface area contributed by atoms with E-state index in [1.807, 2.05) is 37.3 Å². The second-order valence-corrected chi connectivity index (χ2v) is 5.89. The molecule has 6 heteroatoms. The summed E-state index contributed by atoms with van der Waals surface area (Å²) in [5, 5.41) is 6.52. The minimum Gasteiger partial charge on any atom is -0.492 e. The lowest BCUT2D eigenvalue weighted by Crippen LogP contribution is -2.12. The van der Waals surface area contributed by atoms with E-state index in [1.165, 1.54) is 0 Å². The molecular weight excluding hydrogens is 350 g/mol. The highest BCUT2D eigenvalue weighted by Gasteiger charge is 2.08. The van der Waals surface area contributed by atoms with E-state index in [1.54, 1.807) is 36.5 Å². The second-order valence-electron chi connectivity index (χ2n) is 5.45. The monoisotopic (exact) mass is 367 g/mol. The Morgan fingerprint density at radius 2 is 1.96 bits per heavy atom. The van der Waals surface area contributed by atoms with Gasteiger partial charge in [0, 0.05) is 10.6 Å². The topological polar surface area (TPSA) is 63.2 Å². The highest BCUT2D eigenvalue weighted by Crippen LogP contribution is 2.27. The molecule has 0 aliphatic heterocycles. The van der Waals surface area contributed by atoms with Gasteiger partial charge in [-0.25, -0.2) is 4.98 Å². The van der Waals surface area contributed by atoms with Gasteiger partial charge in [0.15, 0.2) is 0 Å². The van der Waals surface area contributed by atoms with E-state index in [0.29, 0.717) is 23.0 Å². The molecule has 0 fully saturated rings. The van der Waals surface area contributed by atoms with Crippen LogP contribution in [0.15, 0.2) is 66.9 Å². The van der Waals surface area contributed by atoms with Crippen molar-refractivity contribution < 1.29 is 9.53 Å². The number of hydrogen-bond donors (Lipinski definition) is 2. The fourth-order valence-corrected chi connectivity index (χ4v) is 2.56. The summed E-state index contributed by atoms with van der Waals surface area (Å²) in [5.74, 6) is 0.967. The van der Waals surface area contributed by atoms with E-state index < -0.39 is 0 Å². The van der Waals surface area contributed by atoms with Crippen LogP contribution in [0.3, 0.4) is 0 Å². The predicted molar refractivity (Wildman–Crippen MR) is 105 cm³/mol. The average molecular weight is 368 g/mol. The number of ether oxygens (including phenoxy) is 1. The van der Waals surface area contributed by atoms with Crippen LogP contribution in [-0.4, -0.2) is 17.5 Å². The lowest BCUT2D eigenvalue weighted by atomic mass is 10.2. The van der Waals surface area contributed by atoms with Gasteiger partial charge in [0.25, 0.3) is 5.91 Å². The van der Waals surface area contributed by atoms with Crippen molar-refractivity contribution in [3.63, 3.8) is 0 Å². The number of halogens is 1. The third kappa shape index (κ3) is 4.52. The van der Waals surface area contributed by atoms with Crippen molar-refractivity contribution >= 4 is 34.7 Å². The quantitative estimate of drug-likeness (QED) is 0.634. The summed E-state index contributed by atoms with van der Waals surface area (Å²) in [6.45, 7) is 2.53. The minimum absolute atomic E-state index is 0.262. The molecule has 1 amide bonds. The van der Waals surface area contributed by atoms with Gasteiger partial charge in [-0.2, -0.15) is 0 Å². The first-order valence-electron chi connectivity index (χ1n) is 8.17. The van der Waals surface area contributed by atoms with Gasteiger partial charge >= 0.3 is 0 Å². The molecule has 0 radical (unpaired) electrons. The number of nitrogens with one attached hydrogen (secondary N) is 2. The fourth-order valence-electron chi connectivity index (χ4n) is 2.37. The maximum absolute atomic E-state index is 12.2. The van der Waals surface area contributed by atoms with Gasteiger partial charge in [-0.05, 0) is 49.4 Å². The summed E-state index contributed by atoms with van der Waals surface area (Å²) >= 11 is 5.91. The number of amides is 1. The minimum atomic E-state index is -0.262. The Morgan fingerprint density at radius 3 is 2.69 bits per heavy atom. The smallest absolute Gasteiger partial charge is 0.256 e. The molecule has 3 aromatic rings. The van der Waals surface area contributed by atoms with Gasteiger partial charge in [0.1, 0.15) is 11.6 Å². The summed E-state index contributed by atoms with van der Waals surface area (Å²) in [7, 11) is 0. The Balaban J connectivity index is 1.68. The number of carbonyl (C=O) groups is 1. The molecule has 1 aromatic heterocycles. The zero-order valence-corrected chi connectivity index (χ0v) is 15.0. The number of anilines is 3. The first-order valence-corrected chi connectivity index (χ1v) is 8.55. The Kier molecular flexibility index (Phi) is 5.71. The molecule has 0 saturated carbocycles. The van der Waals surface area contributed by atoms with Crippen molar-refractivity contribution in [2.24, 2.45) is 0 Å². The number of aromatic nitrogens is 1. The molecule has 26 heavy (non-hydrogen) atoms. The SMILES string of the molecule is CCOc1ccccc1Nc1ccc(NC(=O)c2cccc(Cl)c2)nc1. The summed E-state index contributed by atoms with van der Waals surface area (Å²) < 4.78 is 5.59. The van der Waals surface area contributed by atoms with Gasteiger partial charge < -0.3 is 15.4 Å². The van der Waals surface area contributed by atoms with Crippen LogP contribution in [0.4, 0.5) is 17.2 Å². The Hall–Kier alpha value is -3.05. The van der Waals surface area contributed by atoms with E-state index in [-0.39, 0.29) is 5.91 Å². The standard InChI is InChI=1S/C20H18ClN3O2/c1-2-26-18-9-4-3-8-17(18)23-16-10-11-19(22-13-16)24-20(25)14-6-5-7-15(21)12-14/h3-13,23H,2H2,1H3,(H,22,24,25). The van der Waals surface area contributed by atoms with Crippen LogP contribution in [0.5, 0.6) is 5.75 Å². The maximum atomic E-state index is 12.2. The third-order valence-corrected chi connectivity index (χ3v) is 3.79. The van der Waals surface area contributed by atoms with Crippen LogP contribution in [0.1, 0.15) is 17.3 Å². The van der Waals surface area contributed by atoms with Gasteiger partial charge in [-0.3, -0.25) is 4.79 Å². The number of pyridine rings is 1. The predicted octanol–water partition coefficient (Wildman–Crippen LogP) is 5.13.